The quantitative estimate of drug-likeness (QED) is 0.777. The molecule has 29 heavy (non-hydrogen) atoms. The molecule has 0 saturated carbocycles. The molecule has 0 spiro atoms. The number of piperidine rings is 2. The fourth-order valence-electron chi connectivity index (χ4n) is 4.95. The number of amides is 1. The predicted octanol–water partition coefficient (Wildman–Crippen LogP) is 3.72. The Labute approximate surface area is 173 Å². The normalized spacial score (nSPS) is 22.4. The lowest BCUT2D eigenvalue weighted by molar-refractivity contribution is -0.142. The van der Waals surface area contributed by atoms with Gasteiger partial charge in [-0.25, -0.2) is 0 Å². The first-order valence-corrected chi connectivity index (χ1v) is 10.6. The largest absolute Gasteiger partial charge is 0.496 e. The number of methoxy groups -OCH3 is 1. The van der Waals surface area contributed by atoms with Crippen molar-refractivity contribution in [2.75, 3.05) is 20.2 Å². The third-order valence-corrected chi connectivity index (χ3v) is 6.77. The number of carbonyl (C=O) groups is 1. The maximum Gasteiger partial charge on any atom is 0.223 e. The molecule has 0 aliphatic carbocycles. The van der Waals surface area contributed by atoms with E-state index in [1.807, 2.05) is 12.3 Å². The van der Waals surface area contributed by atoms with Crippen molar-refractivity contribution in [2.45, 2.75) is 52.2 Å². The van der Waals surface area contributed by atoms with Crippen LogP contribution in [0.15, 0.2) is 36.7 Å². The number of fused-ring (bicyclic) bond motifs is 1. The summed E-state index contributed by atoms with van der Waals surface area (Å²) in [5.41, 5.74) is 5.04. The van der Waals surface area contributed by atoms with Gasteiger partial charge in [0.2, 0.25) is 5.91 Å². The highest BCUT2D eigenvalue weighted by Gasteiger charge is 2.39. The molecule has 5 heteroatoms. The Kier molecular flexibility index (Phi) is 5.86. The zero-order valence-corrected chi connectivity index (χ0v) is 17.7. The Bertz CT molecular complexity index is 868. The Hall–Kier alpha value is -2.40. The average Bonchev–Trinajstić information content (AvgIpc) is 2.74. The molecular formula is C24H31N3O2. The summed E-state index contributed by atoms with van der Waals surface area (Å²) in [7, 11) is 1.73. The average molecular weight is 394 g/mol. The van der Waals surface area contributed by atoms with Gasteiger partial charge in [-0.2, -0.15) is 0 Å². The van der Waals surface area contributed by atoms with Crippen LogP contribution in [-0.2, 0) is 17.9 Å². The third-order valence-electron chi connectivity index (χ3n) is 6.77. The number of rotatable bonds is 5. The number of pyridine rings is 1. The second kappa shape index (κ2) is 8.54. The molecule has 2 atom stereocenters. The molecular weight excluding hydrogens is 362 g/mol. The smallest absolute Gasteiger partial charge is 0.223 e. The van der Waals surface area contributed by atoms with Crippen molar-refractivity contribution in [1.82, 2.24) is 14.8 Å². The summed E-state index contributed by atoms with van der Waals surface area (Å²) >= 11 is 0. The number of nitrogens with zero attached hydrogens (tertiary/aromatic N) is 3. The summed E-state index contributed by atoms with van der Waals surface area (Å²) in [5, 5.41) is 0. The van der Waals surface area contributed by atoms with E-state index < -0.39 is 0 Å². The second-order valence-corrected chi connectivity index (χ2v) is 8.45. The van der Waals surface area contributed by atoms with Gasteiger partial charge in [0.15, 0.2) is 0 Å². The monoisotopic (exact) mass is 393 g/mol. The van der Waals surface area contributed by atoms with Crippen molar-refractivity contribution >= 4 is 5.91 Å². The molecule has 4 rings (SSSR count). The number of benzene rings is 1. The van der Waals surface area contributed by atoms with E-state index in [4.69, 9.17) is 4.74 Å². The molecule has 2 aliphatic heterocycles. The zero-order valence-electron chi connectivity index (χ0n) is 17.7. The van der Waals surface area contributed by atoms with E-state index in [-0.39, 0.29) is 0 Å². The molecule has 1 aromatic heterocycles. The minimum Gasteiger partial charge on any atom is -0.496 e. The van der Waals surface area contributed by atoms with Crippen LogP contribution in [0.2, 0.25) is 0 Å². The zero-order chi connectivity index (χ0) is 20.4. The predicted molar refractivity (Wildman–Crippen MR) is 114 cm³/mol. The van der Waals surface area contributed by atoms with E-state index in [1.165, 1.54) is 16.7 Å². The number of carbonyl (C=O) groups excluding carboxylic acids is 1. The molecule has 0 radical (unpaired) electrons. The number of hydrogen-bond acceptors (Lipinski definition) is 4. The van der Waals surface area contributed by atoms with Crippen LogP contribution in [0.5, 0.6) is 5.75 Å². The molecule has 3 heterocycles. The van der Waals surface area contributed by atoms with Gasteiger partial charge in [0.1, 0.15) is 5.75 Å². The molecule has 5 nitrogen and oxygen atoms in total. The van der Waals surface area contributed by atoms with Crippen LogP contribution in [0.25, 0.3) is 0 Å². The SMILES string of the molecule is COc1ccc(CN2CC[C@@H]3[C@@H](CCC(=O)N3Cc3cccnc3)C2)c(C)c1C. The molecule has 1 amide bonds. The summed E-state index contributed by atoms with van der Waals surface area (Å²) in [4.78, 5) is 21.5. The molecule has 2 fully saturated rings. The lowest BCUT2D eigenvalue weighted by atomic mass is 9.83. The van der Waals surface area contributed by atoms with Gasteiger partial charge in [-0.15, -0.1) is 0 Å². The number of aromatic nitrogens is 1. The van der Waals surface area contributed by atoms with Crippen LogP contribution in [0, 0.1) is 19.8 Å². The maximum atomic E-state index is 12.6. The minimum atomic E-state index is 0.296. The van der Waals surface area contributed by atoms with Crippen molar-refractivity contribution in [3.63, 3.8) is 0 Å². The van der Waals surface area contributed by atoms with Gasteiger partial charge in [-0.05, 0) is 67.0 Å². The van der Waals surface area contributed by atoms with Crippen LogP contribution >= 0.6 is 0 Å². The lowest BCUT2D eigenvalue weighted by Crippen LogP contribution is -2.55. The van der Waals surface area contributed by atoms with E-state index >= 15 is 0 Å². The Morgan fingerprint density at radius 2 is 2.00 bits per heavy atom. The van der Waals surface area contributed by atoms with Crippen molar-refractivity contribution in [2.24, 2.45) is 5.92 Å². The van der Waals surface area contributed by atoms with Gasteiger partial charge >= 0.3 is 0 Å². The first kappa shape index (κ1) is 19.9. The van der Waals surface area contributed by atoms with Crippen LogP contribution < -0.4 is 4.74 Å². The molecule has 0 bridgehead atoms. The molecule has 2 aliphatic rings. The summed E-state index contributed by atoms with van der Waals surface area (Å²) in [6, 6.07) is 8.65. The Morgan fingerprint density at radius 3 is 2.76 bits per heavy atom. The molecule has 2 aromatic rings. The highest BCUT2D eigenvalue weighted by atomic mass is 16.5. The van der Waals surface area contributed by atoms with E-state index in [0.717, 1.165) is 43.8 Å². The fourth-order valence-corrected chi connectivity index (χ4v) is 4.95. The van der Waals surface area contributed by atoms with Gasteiger partial charge in [0.25, 0.3) is 0 Å². The van der Waals surface area contributed by atoms with Crippen molar-refractivity contribution in [3.05, 3.63) is 58.9 Å². The summed E-state index contributed by atoms with van der Waals surface area (Å²) < 4.78 is 5.46. The van der Waals surface area contributed by atoms with Gasteiger partial charge in [-0.3, -0.25) is 14.7 Å². The van der Waals surface area contributed by atoms with Gasteiger partial charge in [0, 0.05) is 51.0 Å². The fraction of sp³-hybridized carbons (Fsp3) is 0.500. The van der Waals surface area contributed by atoms with Crippen LogP contribution in [-0.4, -0.2) is 46.9 Å². The van der Waals surface area contributed by atoms with Crippen molar-refractivity contribution in [3.8, 4) is 5.75 Å². The topological polar surface area (TPSA) is 45.7 Å². The van der Waals surface area contributed by atoms with E-state index in [2.05, 4.69) is 46.8 Å². The molecule has 1 aromatic carbocycles. The van der Waals surface area contributed by atoms with E-state index in [9.17, 15) is 4.79 Å². The standard InChI is InChI=1S/C24H31N3O2/c1-17-18(2)23(29-3)8-6-20(17)15-26-12-10-22-21(16-26)7-9-24(28)27(22)14-19-5-4-11-25-13-19/h4-6,8,11,13,21-22H,7,9-10,12,14-16H2,1-3H3/t21-,22+/m0/s1. The number of hydrogen-bond donors (Lipinski definition) is 0. The first-order chi connectivity index (χ1) is 14.1. The Balaban J connectivity index is 1.44. The highest BCUT2D eigenvalue weighted by molar-refractivity contribution is 5.77. The minimum absolute atomic E-state index is 0.296. The molecule has 2 saturated heterocycles. The van der Waals surface area contributed by atoms with E-state index in [1.54, 1.807) is 13.3 Å². The first-order valence-electron chi connectivity index (χ1n) is 10.6. The van der Waals surface area contributed by atoms with Crippen molar-refractivity contribution in [1.29, 1.82) is 0 Å². The number of likely N-dealkylation sites (tertiary alicyclic amines) is 2. The van der Waals surface area contributed by atoms with Crippen LogP contribution in [0.3, 0.4) is 0 Å². The number of ether oxygens (including phenoxy) is 1. The van der Waals surface area contributed by atoms with Gasteiger partial charge in [-0.1, -0.05) is 12.1 Å². The Morgan fingerprint density at radius 1 is 1.14 bits per heavy atom. The molecule has 154 valence electrons. The summed E-state index contributed by atoms with van der Waals surface area (Å²) in [6.45, 7) is 8.07. The summed E-state index contributed by atoms with van der Waals surface area (Å²) in [6.07, 6.45) is 6.37. The second-order valence-electron chi connectivity index (χ2n) is 8.45. The summed E-state index contributed by atoms with van der Waals surface area (Å²) in [5.74, 6) is 1.81. The highest BCUT2D eigenvalue weighted by Crippen LogP contribution is 2.33. The molecule has 0 unspecified atom stereocenters. The van der Waals surface area contributed by atoms with Crippen LogP contribution in [0.1, 0.15) is 41.5 Å². The van der Waals surface area contributed by atoms with Crippen molar-refractivity contribution < 1.29 is 9.53 Å². The van der Waals surface area contributed by atoms with Crippen LogP contribution in [0.4, 0.5) is 0 Å². The van der Waals surface area contributed by atoms with E-state index in [0.29, 0.717) is 30.8 Å². The van der Waals surface area contributed by atoms with Gasteiger partial charge < -0.3 is 9.64 Å². The third kappa shape index (κ3) is 4.15. The molecule has 0 N–H and O–H groups in total. The maximum absolute atomic E-state index is 12.6. The van der Waals surface area contributed by atoms with Gasteiger partial charge in [0.05, 0.1) is 7.11 Å². The lowest BCUT2D eigenvalue weighted by Gasteiger charge is -2.47.